The van der Waals surface area contributed by atoms with Crippen LogP contribution in [0.1, 0.15) is 58.6 Å². The molecule has 1 heterocycles. The minimum absolute atomic E-state index is 0.149. The van der Waals surface area contributed by atoms with Gasteiger partial charge in [-0.15, -0.1) is 0 Å². The fourth-order valence-electron chi connectivity index (χ4n) is 3.25. The average molecular weight is 266 g/mol. The molecule has 2 rings (SSSR count). The van der Waals surface area contributed by atoms with E-state index in [-0.39, 0.29) is 5.41 Å². The van der Waals surface area contributed by atoms with Crippen molar-refractivity contribution in [3.05, 3.63) is 11.9 Å². The van der Waals surface area contributed by atoms with E-state index in [1.165, 1.54) is 6.42 Å². The second kappa shape index (κ2) is 5.16. The van der Waals surface area contributed by atoms with Crippen molar-refractivity contribution in [1.29, 1.82) is 0 Å². The zero-order chi connectivity index (χ0) is 14.1. The highest BCUT2D eigenvalue weighted by molar-refractivity contribution is 5.33. The van der Waals surface area contributed by atoms with E-state index >= 15 is 0 Å². The number of hydrogen-bond acceptors (Lipinski definition) is 3. The largest absolute Gasteiger partial charge is 0.493 e. The molecule has 1 aromatic heterocycles. The third kappa shape index (κ3) is 2.27. The van der Waals surface area contributed by atoms with Crippen molar-refractivity contribution in [1.82, 2.24) is 9.78 Å². The number of aromatic nitrogens is 2. The summed E-state index contributed by atoms with van der Waals surface area (Å²) >= 11 is 0. The van der Waals surface area contributed by atoms with Gasteiger partial charge in [-0.3, -0.25) is 4.68 Å². The molecule has 0 aromatic carbocycles. The van der Waals surface area contributed by atoms with Gasteiger partial charge in [0.2, 0.25) is 0 Å². The molecule has 19 heavy (non-hydrogen) atoms. The molecule has 0 saturated heterocycles. The summed E-state index contributed by atoms with van der Waals surface area (Å²) in [6, 6.07) is 0. The van der Waals surface area contributed by atoms with E-state index < -0.39 is 5.60 Å². The van der Waals surface area contributed by atoms with E-state index in [4.69, 9.17) is 4.74 Å². The average Bonchev–Trinajstić information content (AvgIpc) is 2.77. The summed E-state index contributed by atoms with van der Waals surface area (Å²) in [5.41, 5.74) is -0.131. The van der Waals surface area contributed by atoms with Gasteiger partial charge in [0.25, 0.3) is 0 Å². The number of aliphatic hydroxyl groups is 1. The van der Waals surface area contributed by atoms with Crippen LogP contribution < -0.4 is 4.74 Å². The smallest absolute Gasteiger partial charge is 0.162 e. The van der Waals surface area contributed by atoms with Crippen LogP contribution in [0.5, 0.6) is 5.75 Å². The minimum Gasteiger partial charge on any atom is -0.493 e. The molecule has 1 unspecified atom stereocenters. The third-order valence-corrected chi connectivity index (χ3v) is 4.56. The molecule has 0 radical (unpaired) electrons. The van der Waals surface area contributed by atoms with Crippen LogP contribution in [0.2, 0.25) is 0 Å². The fourth-order valence-corrected chi connectivity index (χ4v) is 3.25. The molecular formula is C15H26N2O2. The van der Waals surface area contributed by atoms with Gasteiger partial charge in [0.05, 0.1) is 13.3 Å². The van der Waals surface area contributed by atoms with Gasteiger partial charge in [-0.1, -0.05) is 33.6 Å². The Kier molecular flexibility index (Phi) is 3.90. The molecule has 1 saturated carbocycles. The lowest BCUT2D eigenvalue weighted by Crippen LogP contribution is -2.46. The van der Waals surface area contributed by atoms with E-state index in [2.05, 4.69) is 25.9 Å². The summed E-state index contributed by atoms with van der Waals surface area (Å²) in [5, 5.41) is 15.7. The molecule has 1 aliphatic carbocycles. The van der Waals surface area contributed by atoms with Gasteiger partial charge in [0.1, 0.15) is 11.3 Å². The Hall–Kier alpha value is -1.03. The molecule has 0 amide bonds. The highest BCUT2D eigenvalue weighted by Crippen LogP contribution is 2.52. The Morgan fingerprint density at radius 2 is 2.05 bits per heavy atom. The predicted molar refractivity (Wildman–Crippen MR) is 75.2 cm³/mol. The highest BCUT2D eigenvalue weighted by Gasteiger charge is 2.50. The summed E-state index contributed by atoms with van der Waals surface area (Å²) in [6.07, 6.45) is 6.78. The first-order chi connectivity index (χ1) is 8.96. The number of ether oxygens (including phenoxy) is 1. The molecule has 1 fully saturated rings. The predicted octanol–water partition coefficient (Wildman–Crippen LogP) is 3.09. The van der Waals surface area contributed by atoms with Crippen molar-refractivity contribution in [2.45, 2.75) is 65.0 Å². The Morgan fingerprint density at radius 3 is 2.63 bits per heavy atom. The van der Waals surface area contributed by atoms with E-state index in [0.717, 1.165) is 37.9 Å². The molecule has 1 N–H and O–H groups in total. The van der Waals surface area contributed by atoms with Crippen LogP contribution in [0.25, 0.3) is 0 Å². The number of rotatable bonds is 4. The second-order valence-corrected chi connectivity index (χ2v) is 6.24. The van der Waals surface area contributed by atoms with Crippen molar-refractivity contribution in [3.8, 4) is 5.75 Å². The van der Waals surface area contributed by atoms with Crippen LogP contribution in [0.15, 0.2) is 6.20 Å². The lowest BCUT2D eigenvalue weighted by Gasteiger charge is -2.46. The summed E-state index contributed by atoms with van der Waals surface area (Å²) in [7, 11) is 1.65. The number of nitrogens with zero attached hydrogens (tertiary/aromatic N) is 2. The van der Waals surface area contributed by atoms with Crippen molar-refractivity contribution in [2.75, 3.05) is 7.11 Å². The van der Waals surface area contributed by atoms with Crippen molar-refractivity contribution in [3.63, 3.8) is 0 Å². The van der Waals surface area contributed by atoms with Gasteiger partial charge >= 0.3 is 0 Å². The number of aryl methyl sites for hydroxylation is 1. The maximum absolute atomic E-state index is 11.3. The zero-order valence-electron chi connectivity index (χ0n) is 12.6. The van der Waals surface area contributed by atoms with E-state index in [1.807, 2.05) is 4.68 Å². The van der Waals surface area contributed by atoms with Crippen LogP contribution >= 0.6 is 0 Å². The summed E-state index contributed by atoms with van der Waals surface area (Å²) in [4.78, 5) is 0. The fraction of sp³-hybridized carbons (Fsp3) is 0.800. The SMILES string of the molecule is CCCn1ncc(OC)c1C1(O)CCCCC1(C)C. The van der Waals surface area contributed by atoms with Crippen LogP contribution in [0.4, 0.5) is 0 Å². The standard InChI is InChI=1S/C15H26N2O2/c1-5-10-17-13(12(19-4)11-16-17)15(18)9-7-6-8-14(15,2)3/h11,18H,5-10H2,1-4H3. The quantitative estimate of drug-likeness (QED) is 0.911. The van der Waals surface area contributed by atoms with Gasteiger partial charge in [-0.25, -0.2) is 0 Å². The Balaban J connectivity index is 2.51. The minimum atomic E-state index is -0.845. The molecule has 1 atom stereocenters. The number of methoxy groups -OCH3 is 1. The normalized spacial score (nSPS) is 26.4. The molecule has 0 aliphatic heterocycles. The monoisotopic (exact) mass is 266 g/mol. The van der Waals surface area contributed by atoms with Crippen molar-refractivity contribution < 1.29 is 9.84 Å². The van der Waals surface area contributed by atoms with Gasteiger partial charge < -0.3 is 9.84 Å². The maximum Gasteiger partial charge on any atom is 0.162 e. The van der Waals surface area contributed by atoms with Gasteiger partial charge in [-0.05, 0) is 24.7 Å². The molecule has 1 aliphatic rings. The van der Waals surface area contributed by atoms with Crippen LogP contribution in [0.3, 0.4) is 0 Å². The van der Waals surface area contributed by atoms with E-state index in [1.54, 1.807) is 13.3 Å². The van der Waals surface area contributed by atoms with Crippen LogP contribution in [-0.2, 0) is 12.1 Å². The van der Waals surface area contributed by atoms with Gasteiger partial charge in [-0.2, -0.15) is 5.10 Å². The summed E-state index contributed by atoms with van der Waals surface area (Å²) < 4.78 is 7.36. The van der Waals surface area contributed by atoms with Crippen molar-refractivity contribution >= 4 is 0 Å². The lowest BCUT2D eigenvalue weighted by atomic mass is 9.64. The molecule has 108 valence electrons. The Morgan fingerprint density at radius 1 is 1.37 bits per heavy atom. The Bertz CT molecular complexity index is 439. The van der Waals surface area contributed by atoms with E-state index in [0.29, 0.717) is 5.75 Å². The van der Waals surface area contributed by atoms with Crippen LogP contribution in [-0.4, -0.2) is 22.0 Å². The van der Waals surface area contributed by atoms with Gasteiger partial charge in [0.15, 0.2) is 5.75 Å². The van der Waals surface area contributed by atoms with Crippen molar-refractivity contribution in [2.24, 2.45) is 5.41 Å². The first kappa shape index (κ1) is 14.4. The Labute approximate surface area is 115 Å². The summed E-state index contributed by atoms with van der Waals surface area (Å²) in [6.45, 7) is 7.23. The molecule has 4 nitrogen and oxygen atoms in total. The topological polar surface area (TPSA) is 47.3 Å². The van der Waals surface area contributed by atoms with Crippen LogP contribution in [0, 0.1) is 5.41 Å². The molecule has 0 spiro atoms. The summed E-state index contributed by atoms with van der Waals surface area (Å²) in [5.74, 6) is 0.714. The van der Waals surface area contributed by atoms with E-state index in [9.17, 15) is 5.11 Å². The highest BCUT2D eigenvalue weighted by atomic mass is 16.5. The molecule has 0 bridgehead atoms. The van der Waals surface area contributed by atoms with Gasteiger partial charge in [0, 0.05) is 6.54 Å². The molecular weight excluding hydrogens is 240 g/mol. The zero-order valence-corrected chi connectivity index (χ0v) is 12.6. The maximum atomic E-state index is 11.3. The second-order valence-electron chi connectivity index (χ2n) is 6.24. The third-order valence-electron chi connectivity index (χ3n) is 4.56. The lowest BCUT2D eigenvalue weighted by molar-refractivity contribution is -0.111. The first-order valence-corrected chi connectivity index (χ1v) is 7.29. The molecule has 4 heteroatoms. The number of hydrogen-bond donors (Lipinski definition) is 1. The first-order valence-electron chi connectivity index (χ1n) is 7.29. The molecule has 1 aromatic rings.